The van der Waals surface area contributed by atoms with E-state index in [1.165, 1.54) is 21.5 Å². The maximum Gasteiger partial charge on any atom is 0.188 e. The summed E-state index contributed by atoms with van der Waals surface area (Å²) in [6.07, 6.45) is 0. The van der Waals surface area contributed by atoms with Gasteiger partial charge in [-0.05, 0) is 85.4 Å². The third-order valence-corrected chi connectivity index (χ3v) is 7.52. The van der Waals surface area contributed by atoms with Crippen LogP contribution in [-0.4, -0.2) is 45.5 Å². The first-order valence-electron chi connectivity index (χ1n) is 13.2. The van der Waals surface area contributed by atoms with Crippen LogP contribution in [0.5, 0.6) is 5.75 Å². The van der Waals surface area contributed by atoms with E-state index in [2.05, 4.69) is 53.6 Å². The molecule has 0 amide bonds. The number of hydrogen-bond donors (Lipinski definition) is 1. The van der Waals surface area contributed by atoms with Crippen LogP contribution >= 0.6 is 22.6 Å². The Morgan fingerprint density at radius 3 is 1.48 bits per heavy atom. The third kappa shape index (κ3) is 5.79. The van der Waals surface area contributed by atoms with Crippen molar-refractivity contribution in [2.24, 2.45) is 0 Å². The highest BCUT2D eigenvalue weighted by atomic mass is 127. The Balaban J connectivity index is 0.000000162. The van der Waals surface area contributed by atoms with Crippen molar-refractivity contribution < 1.29 is 13.9 Å². The standard InChI is InChI=1S/C19H13FN4O.C13H8FIN4/c20-16-10-4-5-11-17(16)24-19(21-22-23-24)15-9-2-1-7-13(15)14-8-3-6-12-18(14)25;14-10-6-2-4-8-12(10)19-13(16-17-18-19)9-5-1-3-7-11(9)15/h1-12,25H;1-8H. The van der Waals surface area contributed by atoms with Gasteiger partial charge in [-0.3, -0.25) is 0 Å². The molecule has 0 spiro atoms. The zero-order valence-corrected chi connectivity index (χ0v) is 24.9. The molecule has 0 saturated carbocycles. The van der Waals surface area contributed by atoms with Gasteiger partial charge in [-0.2, -0.15) is 9.36 Å². The summed E-state index contributed by atoms with van der Waals surface area (Å²) in [6, 6.07) is 34.8. The molecule has 0 atom stereocenters. The number of phenolic OH excluding ortho intramolecular Hbond substituents is 1. The Labute approximate surface area is 263 Å². The van der Waals surface area contributed by atoms with Crippen LogP contribution in [-0.2, 0) is 0 Å². The molecule has 0 aliphatic carbocycles. The van der Waals surface area contributed by atoms with E-state index in [-0.39, 0.29) is 17.3 Å². The molecule has 216 valence electrons. The molecule has 0 aliphatic rings. The van der Waals surface area contributed by atoms with E-state index in [1.54, 1.807) is 48.5 Å². The van der Waals surface area contributed by atoms with Gasteiger partial charge in [0.2, 0.25) is 0 Å². The lowest BCUT2D eigenvalue weighted by atomic mass is 9.98. The molecule has 0 bridgehead atoms. The van der Waals surface area contributed by atoms with Crippen LogP contribution in [0.1, 0.15) is 0 Å². The van der Waals surface area contributed by atoms with Gasteiger partial charge < -0.3 is 5.11 Å². The largest absolute Gasteiger partial charge is 0.507 e. The Hall–Kier alpha value is -5.37. The van der Waals surface area contributed by atoms with Crippen molar-refractivity contribution in [1.82, 2.24) is 40.4 Å². The average molecular weight is 698 g/mol. The first-order chi connectivity index (χ1) is 21.5. The molecule has 44 heavy (non-hydrogen) atoms. The number of hydrogen-bond acceptors (Lipinski definition) is 7. The second kappa shape index (κ2) is 12.9. The van der Waals surface area contributed by atoms with Gasteiger partial charge >= 0.3 is 0 Å². The van der Waals surface area contributed by atoms with Crippen molar-refractivity contribution in [1.29, 1.82) is 0 Å². The molecule has 0 aliphatic heterocycles. The molecule has 12 heteroatoms. The minimum absolute atomic E-state index is 0.153. The second-order valence-electron chi connectivity index (χ2n) is 9.27. The number of aromatic hydroxyl groups is 1. The van der Waals surface area contributed by atoms with Crippen molar-refractivity contribution in [3.8, 4) is 51.0 Å². The summed E-state index contributed by atoms with van der Waals surface area (Å²) in [6.45, 7) is 0. The summed E-state index contributed by atoms with van der Waals surface area (Å²) >= 11 is 2.20. The Kier molecular flexibility index (Phi) is 8.41. The van der Waals surface area contributed by atoms with Crippen molar-refractivity contribution in [3.05, 3.63) is 137 Å². The monoisotopic (exact) mass is 698 g/mol. The highest BCUT2D eigenvalue weighted by Gasteiger charge is 2.19. The van der Waals surface area contributed by atoms with Gasteiger partial charge in [-0.15, -0.1) is 10.2 Å². The lowest BCUT2D eigenvalue weighted by Gasteiger charge is -2.11. The molecule has 0 radical (unpaired) electrons. The Bertz CT molecular complexity index is 2000. The normalized spacial score (nSPS) is 10.7. The first kappa shape index (κ1) is 28.7. The highest BCUT2D eigenvalue weighted by molar-refractivity contribution is 14.1. The minimum Gasteiger partial charge on any atom is -0.507 e. The van der Waals surface area contributed by atoms with Crippen LogP contribution in [0, 0.1) is 15.2 Å². The third-order valence-electron chi connectivity index (χ3n) is 6.58. The molecule has 7 rings (SSSR count). The summed E-state index contributed by atoms with van der Waals surface area (Å²) in [4.78, 5) is 0. The van der Waals surface area contributed by atoms with Crippen LogP contribution in [0.25, 0.3) is 45.3 Å². The molecule has 7 aromatic rings. The van der Waals surface area contributed by atoms with Gasteiger partial charge in [-0.1, -0.05) is 84.9 Å². The van der Waals surface area contributed by atoms with Crippen LogP contribution in [0.4, 0.5) is 8.78 Å². The molecule has 9 nitrogen and oxygen atoms in total. The van der Waals surface area contributed by atoms with Crippen molar-refractivity contribution in [2.75, 3.05) is 0 Å². The van der Waals surface area contributed by atoms with E-state index < -0.39 is 5.82 Å². The number of nitrogens with zero attached hydrogens (tertiary/aromatic N) is 8. The number of halogens is 3. The predicted molar refractivity (Wildman–Crippen MR) is 169 cm³/mol. The molecule has 0 unspecified atom stereocenters. The molecule has 5 aromatic carbocycles. The number of benzene rings is 5. The number of phenols is 1. The summed E-state index contributed by atoms with van der Waals surface area (Å²) in [5.41, 5.74) is 3.57. The zero-order valence-electron chi connectivity index (χ0n) is 22.7. The first-order valence-corrected chi connectivity index (χ1v) is 14.3. The van der Waals surface area contributed by atoms with E-state index in [9.17, 15) is 13.9 Å². The maximum atomic E-state index is 14.2. The molecule has 0 saturated heterocycles. The van der Waals surface area contributed by atoms with Gasteiger partial charge in [0.15, 0.2) is 11.6 Å². The van der Waals surface area contributed by atoms with Gasteiger partial charge in [0.05, 0.1) is 0 Å². The lowest BCUT2D eigenvalue weighted by molar-refractivity contribution is 0.477. The highest BCUT2D eigenvalue weighted by Crippen LogP contribution is 2.36. The smallest absolute Gasteiger partial charge is 0.188 e. The summed E-state index contributed by atoms with van der Waals surface area (Å²) in [7, 11) is 0. The number of para-hydroxylation sites is 3. The Morgan fingerprint density at radius 2 is 0.932 bits per heavy atom. The average Bonchev–Trinajstić information content (AvgIpc) is 3.73. The number of aromatic nitrogens is 8. The van der Waals surface area contributed by atoms with E-state index in [4.69, 9.17) is 0 Å². The maximum absolute atomic E-state index is 14.2. The van der Waals surface area contributed by atoms with Gasteiger partial charge in [-0.25, -0.2) is 8.78 Å². The van der Waals surface area contributed by atoms with Gasteiger partial charge in [0, 0.05) is 20.3 Å². The SMILES string of the molecule is Fc1ccccc1-n1nnnc1-c1ccccc1I.Oc1ccccc1-c1ccccc1-c1nnnn1-c1ccccc1F. The number of tetrazole rings is 2. The van der Waals surface area contributed by atoms with E-state index in [0.29, 0.717) is 28.5 Å². The topological polar surface area (TPSA) is 107 Å². The molecular formula is C32H21F2IN8O. The van der Waals surface area contributed by atoms with E-state index in [0.717, 1.165) is 14.7 Å². The number of rotatable bonds is 5. The lowest BCUT2D eigenvalue weighted by Crippen LogP contribution is -2.03. The molecule has 2 aromatic heterocycles. The minimum atomic E-state index is -0.420. The summed E-state index contributed by atoms with van der Waals surface area (Å²) in [5.74, 6) is 0.289. The second-order valence-corrected chi connectivity index (χ2v) is 10.4. The van der Waals surface area contributed by atoms with E-state index in [1.807, 2.05) is 60.7 Å². The van der Waals surface area contributed by atoms with Gasteiger partial charge in [0.1, 0.15) is 28.8 Å². The molecular weight excluding hydrogens is 677 g/mol. The summed E-state index contributed by atoms with van der Waals surface area (Å²) in [5, 5.41) is 33.4. The molecule has 2 heterocycles. The van der Waals surface area contributed by atoms with Crippen LogP contribution < -0.4 is 0 Å². The van der Waals surface area contributed by atoms with Crippen molar-refractivity contribution in [3.63, 3.8) is 0 Å². The fourth-order valence-corrected chi connectivity index (χ4v) is 5.17. The summed E-state index contributed by atoms with van der Waals surface area (Å²) < 4.78 is 31.8. The quantitative estimate of drug-likeness (QED) is 0.195. The predicted octanol–water partition coefficient (Wildman–Crippen LogP) is 6.91. The van der Waals surface area contributed by atoms with Gasteiger partial charge in [0.25, 0.3) is 0 Å². The fourth-order valence-electron chi connectivity index (χ4n) is 4.54. The van der Waals surface area contributed by atoms with Crippen LogP contribution in [0.15, 0.2) is 121 Å². The van der Waals surface area contributed by atoms with Crippen LogP contribution in [0.2, 0.25) is 0 Å². The fraction of sp³-hybridized carbons (Fsp3) is 0. The Morgan fingerprint density at radius 1 is 0.500 bits per heavy atom. The van der Waals surface area contributed by atoms with Crippen molar-refractivity contribution >= 4 is 22.6 Å². The molecule has 1 N–H and O–H groups in total. The van der Waals surface area contributed by atoms with E-state index >= 15 is 0 Å². The van der Waals surface area contributed by atoms with Crippen molar-refractivity contribution in [2.45, 2.75) is 0 Å². The molecule has 0 fully saturated rings. The van der Waals surface area contributed by atoms with Crippen LogP contribution in [0.3, 0.4) is 0 Å². The zero-order chi connectivity index (χ0) is 30.5.